The first-order chi connectivity index (χ1) is 34.5. The lowest BCUT2D eigenvalue weighted by atomic mass is 10.0. The maximum Gasteiger partial charge on any atom is 0.306 e. The van der Waals surface area contributed by atoms with E-state index in [1.165, 1.54) is 122 Å². The molecule has 0 aromatic rings. The van der Waals surface area contributed by atoms with Crippen LogP contribution in [0.25, 0.3) is 0 Å². The van der Waals surface area contributed by atoms with E-state index in [9.17, 15) is 14.4 Å². The van der Waals surface area contributed by atoms with E-state index in [0.717, 1.165) is 103 Å². The molecule has 0 saturated heterocycles. The van der Waals surface area contributed by atoms with Crippen LogP contribution in [0.2, 0.25) is 0 Å². The number of rotatable bonds is 52. The molecule has 0 saturated carbocycles. The number of allylic oxidation sites excluding steroid dienone is 16. The summed E-state index contributed by atoms with van der Waals surface area (Å²) in [6.07, 6.45) is 77.2. The number of unbranched alkanes of at least 4 members (excludes halogenated alkanes) is 25. The van der Waals surface area contributed by atoms with Crippen LogP contribution in [0.15, 0.2) is 97.2 Å². The van der Waals surface area contributed by atoms with Gasteiger partial charge in [-0.15, -0.1) is 0 Å². The number of hydrogen-bond acceptors (Lipinski definition) is 6. The van der Waals surface area contributed by atoms with E-state index in [4.69, 9.17) is 14.2 Å². The number of hydrogen-bond donors (Lipinski definition) is 0. The third-order valence-corrected chi connectivity index (χ3v) is 12.3. The highest BCUT2D eigenvalue weighted by Crippen LogP contribution is 2.16. The van der Waals surface area contributed by atoms with Gasteiger partial charge in [0.25, 0.3) is 0 Å². The molecule has 0 spiro atoms. The molecule has 0 N–H and O–H groups in total. The highest BCUT2D eigenvalue weighted by atomic mass is 16.6. The molecule has 0 aliphatic carbocycles. The van der Waals surface area contributed by atoms with Crippen molar-refractivity contribution < 1.29 is 28.6 Å². The summed E-state index contributed by atoms with van der Waals surface area (Å²) in [4.78, 5) is 38.0. The number of carbonyl (C=O) groups is 3. The number of esters is 3. The van der Waals surface area contributed by atoms with Gasteiger partial charge in [0.1, 0.15) is 13.2 Å². The van der Waals surface area contributed by atoms with Crippen molar-refractivity contribution in [2.45, 2.75) is 277 Å². The Hall–Kier alpha value is -3.67. The molecular formula is C64H108O6. The molecular weight excluding hydrogens is 865 g/mol. The molecule has 0 radical (unpaired) electrons. The van der Waals surface area contributed by atoms with Crippen molar-refractivity contribution in [3.63, 3.8) is 0 Å². The molecule has 400 valence electrons. The fraction of sp³-hybridized carbons (Fsp3) is 0.703. The van der Waals surface area contributed by atoms with E-state index in [1.807, 2.05) is 0 Å². The summed E-state index contributed by atoms with van der Waals surface area (Å²) < 4.78 is 16.8. The molecule has 0 aliphatic heterocycles. The Morgan fingerprint density at radius 2 is 0.557 bits per heavy atom. The Morgan fingerprint density at radius 1 is 0.300 bits per heavy atom. The van der Waals surface area contributed by atoms with Crippen molar-refractivity contribution in [3.8, 4) is 0 Å². The third kappa shape index (κ3) is 55.3. The molecule has 0 rings (SSSR count). The average molecular weight is 974 g/mol. The molecule has 0 fully saturated rings. The van der Waals surface area contributed by atoms with E-state index in [1.54, 1.807) is 0 Å². The first-order valence-electron chi connectivity index (χ1n) is 29.2. The van der Waals surface area contributed by atoms with Gasteiger partial charge in [-0.1, -0.05) is 253 Å². The summed E-state index contributed by atoms with van der Waals surface area (Å²) in [6, 6.07) is 0. The van der Waals surface area contributed by atoms with Crippen LogP contribution in [0.4, 0.5) is 0 Å². The molecule has 0 aliphatic rings. The van der Waals surface area contributed by atoms with E-state index in [0.29, 0.717) is 19.3 Å². The minimum Gasteiger partial charge on any atom is -0.462 e. The quantitative estimate of drug-likeness (QED) is 0.0262. The maximum absolute atomic E-state index is 12.8. The van der Waals surface area contributed by atoms with Crippen LogP contribution in [-0.4, -0.2) is 37.2 Å². The molecule has 0 aromatic heterocycles. The van der Waals surface area contributed by atoms with E-state index in [2.05, 4.69) is 118 Å². The Labute approximate surface area is 432 Å². The lowest BCUT2D eigenvalue weighted by Crippen LogP contribution is -2.30. The predicted molar refractivity (Wildman–Crippen MR) is 302 cm³/mol. The van der Waals surface area contributed by atoms with Crippen LogP contribution >= 0.6 is 0 Å². The summed E-state index contributed by atoms with van der Waals surface area (Å²) in [7, 11) is 0. The molecule has 0 heterocycles. The minimum atomic E-state index is -0.795. The monoisotopic (exact) mass is 973 g/mol. The Morgan fingerprint density at radius 3 is 0.900 bits per heavy atom. The Bertz CT molecular complexity index is 1400. The van der Waals surface area contributed by atoms with Crippen LogP contribution in [-0.2, 0) is 28.6 Å². The van der Waals surface area contributed by atoms with Gasteiger partial charge >= 0.3 is 17.9 Å². The van der Waals surface area contributed by atoms with E-state index in [-0.39, 0.29) is 37.5 Å². The van der Waals surface area contributed by atoms with Gasteiger partial charge in [-0.3, -0.25) is 14.4 Å². The number of ether oxygens (including phenoxy) is 3. The third-order valence-electron chi connectivity index (χ3n) is 12.3. The van der Waals surface area contributed by atoms with Gasteiger partial charge in [0, 0.05) is 19.3 Å². The SMILES string of the molecule is CC/C=C\C/C=C\C/C=C\C/C=C\CCCCCCCCCCCCCCCCCCC(=O)OCC(COC(=O)CCCCCCCCCC)OC(=O)CCCC/C=C\C/C=C\C/C=C\C/C=C\CC. The summed E-state index contributed by atoms with van der Waals surface area (Å²) in [5, 5.41) is 0. The van der Waals surface area contributed by atoms with Crippen LogP contribution < -0.4 is 0 Å². The molecule has 6 heteroatoms. The van der Waals surface area contributed by atoms with Crippen molar-refractivity contribution in [2.75, 3.05) is 13.2 Å². The van der Waals surface area contributed by atoms with E-state index >= 15 is 0 Å². The molecule has 0 amide bonds. The fourth-order valence-corrected chi connectivity index (χ4v) is 8.01. The van der Waals surface area contributed by atoms with Gasteiger partial charge in [0.05, 0.1) is 0 Å². The fourth-order valence-electron chi connectivity index (χ4n) is 8.01. The minimum absolute atomic E-state index is 0.0918. The second-order valence-corrected chi connectivity index (χ2v) is 19.1. The highest BCUT2D eigenvalue weighted by molar-refractivity contribution is 5.71. The molecule has 1 atom stereocenters. The summed E-state index contributed by atoms with van der Waals surface area (Å²) in [5.74, 6) is -0.934. The zero-order valence-electron chi connectivity index (χ0n) is 45.8. The highest BCUT2D eigenvalue weighted by Gasteiger charge is 2.19. The molecule has 70 heavy (non-hydrogen) atoms. The van der Waals surface area contributed by atoms with Crippen LogP contribution in [0.3, 0.4) is 0 Å². The van der Waals surface area contributed by atoms with Gasteiger partial charge in [-0.05, 0) is 96.3 Å². The van der Waals surface area contributed by atoms with Crippen molar-refractivity contribution in [1.82, 2.24) is 0 Å². The van der Waals surface area contributed by atoms with Gasteiger partial charge in [0.2, 0.25) is 0 Å². The van der Waals surface area contributed by atoms with Gasteiger partial charge < -0.3 is 14.2 Å². The Kier molecular flexibility index (Phi) is 54.9. The first kappa shape index (κ1) is 66.3. The van der Waals surface area contributed by atoms with Crippen molar-refractivity contribution in [3.05, 3.63) is 97.2 Å². The lowest BCUT2D eigenvalue weighted by Gasteiger charge is -2.18. The average Bonchev–Trinajstić information content (AvgIpc) is 3.36. The topological polar surface area (TPSA) is 78.9 Å². The zero-order chi connectivity index (χ0) is 50.7. The molecule has 6 nitrogen and oxygen atoms in total. The largest absolute Gasteiger partial charge is 0.462 e. The Balaban J connectivity index is 4.14. The lowest BCUT2D eigenvalue weighted by molar-refractivity contribution is -0.167. The first-order valence-corrected chi connectivity index (χ1v) is 29.2. The van der Waals surface area contributed by atoms with Crippen molar-refractivity contribution >= 4 is 17.9 Å². The summed E-state index contributed by atoms with van der Waals surface area (Å²) in [6.45, 7) is 6.35. The summed E-state index contributed by atoms with van der Waals surface area (Å²) in [5.41, 5.74) is 0. The van der Waals surface area contributed by atoms with Crippen LogP contribution in [0.1, 0.15) is 271 Å². The normalized spacial score (nSPS) is 12.8. The zero-order valence-corrected chi connectivity index (χ0v) is 45.8. The second kappa shape index (κ2) is 57.9. The van der Waals surface area contributed by atoms with Crippen LogP contribution in [0.5, 0.6) is 0 Å². The van der Waals surface area contributed by atoms with Gasteiger partial charge in [-0.2, -0.15) is 0 Å². The molecule has 0 aromatic carbocycles. The van der Waals surface area contributed by atoms with Gasteiger partial charge in [-0.25, -0.2) is 0 Å². The van der Waals surface area contributed by atoms with Crippen LogP contribution in [0, 0.1) is 0 Å². The summed E-state index contributed by atoms with van der Waals surface area (Å²) >= 11 is 0. The second-order valence-electron chi connectivity index (χ2n) is 19.1. The van der Waals surface area contributed by atoms with Crippen molar-refractivity contribution in [2.24, 2.45) is 0 Å². The molecule has 0 bridgehead atoms. The van der Waals surface area contributed by atoms with Gasteiger partial charge in [0.15, 0.2) is 6.10 Å². The predicted octanol–water partition coefficient (Wildman–Crippen LogP) is 19.7. The maximum atomic E-state index is 12.8. The smallest absolute Gasteiger partial charge is 0.306 e. The number of carbonyl (C=O) groups excluding carboxylic acids is 3. The van der Waals surface area contributed by atoms with E-state index < -0.39 is 6.10 Å². The molecule has 1 unspecified atom stereocenters. The standard InChI is InChI=1S/C64H108O6/c1-4-7-10-13-16-19-21-23-25-26-27-28-29-30-31-32-33-34-35-36-37-38-40-41-43-45-48-51-54-57-63(66)69-60-61(59-68-62(65)56-53-50-47-18-15-12-9-6-3)70-64(67)58-55-52-49-46-44-42-39-24-22-20-17-14-11-8-5-2/h7-8,10-11,16-17,19-20,23-25,27-28,39,44,46,61H,4-6,9,12-15,18,21-22,26,29-38,40-43,45,47-60H2,1-3H3/b10-7-,11-8-,19-16-,20-17-,25-23-,28-27-,39-24-,46-44-. The van der Waals surface area contributed by atoms with Crippen molar-refractivity contribution in [1.29, 1.82) is 0 Å².